The molecule has 1 unspecified atom stereocenters. The lowest BCUT2D eigenvalue weighted by Crippen LogP contribution is -2.30. The summed E-state index contributed by atoms with van der Waals surface area (Å²) in [5, 5.41) is 3.25. The smallest absolute Gasteiger partial charge is 0.0898 e. The highest BCUT2D eigenvalue weighted by molar-refractivity contribution is 7.09. The second kappa shape index (κ2) is 5.75. The van der Waals surface area contributed by atoms with Gasteiger partial charge >= 0.3 is 0 Å². The molecule has 0 aromatic carbocycles. The Labute approximate surface area is 101 Å². The minimum absolute atomic E-state index is 0.244. The molecule has 1 aliphatic rings. The van der Waals surface area contributed by atoms with Gasteiger partial charge in [-0.05, 0) is 19.3 Å². The first kappa shape index (κ1) is 12.0. The maximum absolute atomic E-state index is 5.65. The normalized spacial score (nSPS) is 19.9. The van der Waals surface area contributed by atoms with Crippen LogP contribution in [0, 0.1) is 12.8 Å². The van der Waals surface area contributed by atoms with E-state index in [-0.39, 0.29) is 6.04 Å². The molecule has 1 aliphatic carbocycles. The van der Waals surface area contributed by atoms with Crippen LogP contribution in [0.5, 0.6) is 0 Å². The predicted octanol–water partition coefficient (Wildman–Crippen LogP) is 2.93. The van der Waals surface area contributed by atoms with E-state index in [0.717, 1.165) is 23.0 Å². The van der Waals surface area contributed by atoms with E-state index in [4.69, 9.17) is 5.84 Å². The maximum Gasteiger partial charge on any atom is 0.0898 e. The number of rotatable bonds is 4. The number of hydrogen-bond acceptors (Lipinski definition) is 4. The third kappa shape index (κ3) is 3.03. The minimum atomic E-state index is 0.244. The number of hydrazine groups is 1. The Morgan fingerprint density at radius 2 is 2.25 bits per heavy atom. The van der Waals surface area contributed by atoms with Crippen LogP contribution in [0.4, 0.5) is 0 Å². The molecule has 90 valence electrons. The molecule has 0 radical (unpaired) electrons. The van der Waals surface area contributed by atoms with Crippen LogP contribution in [0.2, 0.25) is 0 Å². The average molecular weight is 239 g/mol. The molecule has 1 aromatic rings. The van der Waals surface area contributed by atoms with Crippen molar-refractivity contribution in [3.05, 3.63) is 16.1 Å². The third-order valence-electron chi connectivity index (χ3n) is 3.49. The zero-order valence-electron chi connectivity index (χ0n) is 9.91. The topological polar surface area (TPSA) is 50.9 Å². The molecule has 1 atom stereocenters. The quantitative estimate of drug-likeness (QED) is 0.627. The number of thiazole rings is 1. The molecule has 1 heterocycles. The number of nitrogens with two attached hydrogens (primary N) is 1. The van der Waals surface area contributed by atoms with Gasteiger partial charge in [0.25, 0.3) is 0 Å². The Morgan fingerprint density at radius 3 is 2.81 bits per heavy atom. The van der Waals surface area contributed by atoms with Crippen LogP contribution < -0.4 is 11.3 Å². The summed E-state index contributed by atoms with van der Waals surface area (Å²) in [7, 11) is 0. The third-order valence-corrected chi connectivity index (χ3v) is 4.28. The van der Waals surface area contributed by atoms with E-state index in [1.807, 2.05) is 6.92 Å². The molecule has 0 bridgehead atoms. The van der Waals surface area contributed by atoms with Crippen LogP contribution in [0.3, 0.4) is 0 Å². The summed E-state index contributed by atoms with van der Waals surface area (Å²) in [5.41, 5.74) is 4.04. The Hall–Kier alpha value is -0.450. The van der Waals surface area contributed by atoms with Gasteiger partial charge in [0, 0.05) is 5.38 Å². The number of hydrogen-bond donors (Lipinski definition) is 2. The van der Waals surface area contributed by atoms with Gasteiger partial charge in [0.2, 0.25) is 0 Å². The first-order valence-corrected chi connectivity index (χ1v) is 7.05. The highest BCUT2D eigenvalue weighted by Gasteiger charge is 2.20. The molecule has 4 heteroatoms. The number of nitrogens with zero attached hydrogens (tertiary/aromatic N) is 1. The number of aryl methyl sites for hydroxylation is 1. The van der Waals surface area contributed by atoms with Gasteiger partial charge in [-0.2, -0.15) is 0 Å². The van der Waals surface area contributed by atoms with Crippen molar-refractivity contribution in [1.29, 1.82) is 0 Å². The lowest BCUT2D eigenvalue weighted by molar-refractivity contribution is 0.299. The van der Waals surface area contributed by atoms with Crippen molar-refractivity contribution >= 4 is 11.3 Å². The summed E-state index contributed by atoms with van der Waals surface area (Å²) in [5.74, 6) is 6.48. The van der Waals surface area contributed by atoms with E-state index < -0.39 is 0 Å². The SMILES string of the molecule is Cc1nc(C(CC2CCCCC2)NN)cs1. The van der Waals surface area contributed by atoms with Crippen molar-refractivity contribution in [2.24, 2.45) is 11.8 Å². The molecule has 0 spiro atoms. The van der Waals surface area contributed by atoms with Gasteiger partial charge < -0.3 is 0 Å². The summed E-state index contributed by atoms with van der Waals surface area (Å²) in [6.45, 7) is 2.04. The molecular formula is C12H21N3S. The van der Waals surface area contributed by atoms with E-state index >= 15 is 0 Å². The molecule has 16 heavy (non-hydrogen) atoms. The lowest BCUT2D eigenvalue weighted by Gasteiger charge is -2.25. The zero-order valence-corrected chi connectivity index (χ0v) is 10.7. The Morgan fingerprint density at radius 1 is 1.50 bits per heavy atom. The Balaban J connectivity index is 1.94. The van der Waals surface area contributed by atoms with Crippen molar-refractivity contribution in [3.8, 4) is 0 Å². The largest absolute Gasteiger partial charge is 0.271 e. The van der Waals surface area contributed by atoms with Gasteiger partial charge in [-0.25, -0.2) is 4.98 Å². The molecule has 0 amide bonds. The van der Waals surface area contributed by atoms with Crippen molar-refractivity contribution in [1.82, 2.24) is 10.4 Å². The van der Waals surface area contributed by atoms with Crippen LogP contribution in [-0.2, 0) is 0 Å². The fourth-order valence-electron chi connectivity index (χ4n) is 2.57. The van der Waals surface area contributed by atoms with E-state index in [0.29, 0.717) is 0 Å². The molecule has 2 rings (SSSR count). The van der Waals surface area contributed by atoms with Gasteiger partial charge in [-0.1, -0.05) is 32.1 Å². The van der Waals surface area contributed by atoms with E-state index in [1.165, 1.54) is 32.1 Å². The summed E-state index contributed by atoms with van der Waals surface area (Å²) >= 11 is 1.70. The van der Waals surface area contributed by atoms with E-state index in [2.05, 4.69) is 15.8 Å². The summed E-state index contributed by atoms with van der Waals surface area (Å²) in [4.78, 5) is 4.52. The van der Waals surface area contributed by atoms with Gasteiger partial charge in [-0.15, -0.1) is 11.3 Å². The predicted molar refractivity (Wildman–Crippen MR) is 68.1 cm³/mol. The van der Waals surface area contributed by atoms with E-state index in [9.17, 15) is 0 Å². The molecule has 1 fully saturated rings. The van der Waals surface area contributed by atoms with Crippen molar-refractivity contribution in [2.75, 3.05) is 0 Å². The van der Waals surface area contributed by atoms with Crippen molar-refractivity contribution < 1.29 is 0 Å². The summed E-state index contributed by atoms with van der Waals surface area (Å²) < 4.78 is 0. The Bertz CT molecular complexity index is 318. The molecule has 0 aliphatic heterocycles. The maximum atomic E-state index is 5.65. The standard InChI is InChI=1S/C12H21N3S/c1-9-14-12(8-16-9)11(15-13)7-10-5-3-2-4-6-10/h8,10-11,15H,2-7,13H2,1H3. The van der Waals surface area contributed by atoms with Crippen molar-refractivity contribution in [3.63, 3.8) is 0 Å². The van der Waals surface area contributed by atoms with Crippen LogP contribution in [0.1, 0.15) is 55.3 Å². The van der Waals surface area contributed by atoms with Crippen LogP contribution in [-0.4, -0.2) is 4.98 Å². The van der Waals surface area contributed by atoms with Crippen LogP contribution in [0.15, 0.2) is 5.38 Å². The van der Waals surface area contributed by atoms with Gasteiger partial charge in [0.1, 0.15) is 0 Å². The van der Waals surface area contributed by atoms with Crippen LogP contribution in [0.25, 0.3) is 0 Å². The zero-order chi connectivity index (χ0) is 11.4. The monoisotopic (exact) mass is 239 g/mol. The van der Waals surface area contributed by atoms with Gasteiger partial charge in [0.15, 0.2) is 0 Å². The summed E-state index contributed by atoms with van der Waals surface area (Å²) in [6, 6.07) is 0.244. The van der Waals surface area contributed by atoms with E-state index in [1.54, 1.807) is 11.3 Å². The number of nitrogens with one attached hydrogen (secondary N) is 1. The lowest BCUT2D eigenvalue weighted by atomic mass is 9.84. The number of aromatic nitrogens is 1. The molecular weight excluding hydrogens is 218 g/mol. The highest BCUT2D eigenvalue weighted by Crippen LogP contribution is 2.31. The molecule has 1 aromatic heterocycles. The fraction of sp³-hybridized carbons (Fsp3) is 0.750. The van der Waals surface area contributed by atoms with Crippen molar-refractivity contribution in [2.45, 2.75) is 51.5 Å². The average Bonchev–Trinajstić information content (AvgIpc) is 2.74. The molecule has 3 N–H and O–H groups in total. The van der Waals surface area contributed by atoms with Gasteiger partial charge in [0.05, 0.1) is 16.7 Å². The molecule has 3 nitrogen and oxygen atoms in total. The fourth-order valence-corrected chi connectivity index (χ4v) is 3.24. The molecule has 0 saturated heterocycles. The van der Waals surface area contributed by atoms with Crippen LogP contribution >= 0.6 is 11.3 Å². The Kier molecular flexibility index (Phi) is 4.32. The minimum Gasteiger partial charge on any atom is -0.271 e. The second-order valence-corrected chi connectivity index (χ2v) is 5.81. The molecule has 1 saturated carbocycles. The first-order valence-electron chi connectivity index (χ1n) is 6.17. The highest BCUT2D eigenvalue weighted by atomic mass is 32.1. The van der Waals surface area contributed by atoms with Gasteiger partial charge in [-0.3, -0.25) is 11.3 Å². The first-order chi connectivity index (χ1) is 7.79. The second-order valence-electron chi connectivity index (χ2n) is 4.75. The summed E-state index contributed by atoms with van der Waals surface area (Å²) in [6.07, 6.45) is 8.05.